The third kappa shape index (κ3) is 4.54. The van der Waals surface area contributed by atoms with Crippen LogP contribution in [0.5, 0.6) is 5.75 Å². The van der Waals surface area contributed by atoms with Gasteiger partial charge in [-0.25, -0.2) is 0 Å². The quantitative estimate of drug-likeness (QED) is 0.688. The van der Waals surface area contributed by atoms with Gasteiger partial charge >= 0.3 is 0 Å². The van der Waals surface area contributed by atoms with Gasteiger partial charge in [-0.2, -0.15) is 0 Å². The molecule has 0 spiro atoms. The lowest BCUT2D eigenvalue weighted by Gasteiger charge is -2.16. The molecule has 1 aliphatic rings. The van der Waals surface area contributed by atoms with E-state index in [0.717, 1.165) is 31.8 Å². The second-order valence-corrected chi connectivity index (χ2v) is 6.23. The van der Waals surface area contributed by atoms with E-state index in [1.165, 1.54) is 11.1 Å². The van der Waals surface area contributed by atoms with E-state index < -0.39 is 0 Å². The Balaban J connectivity index is 2.04. The van der Waals surface area contributed by atoms with Crippen molar-refractivity contribution >= 4 is 0 Å². The van der Waals surface area contributed by atoms with E-state index in [1.807, 2.05) is 0 Å². The first-order valence-corrected chi connectivity index (χ1v) is 7.43. The summed E-state index contributed by atoms with van der Waals surface area (Å²) in [5, 5.41) is 0. The Morgan fingerprint density at radius 3 is 2.58 bits per heavy atom. The predicted octanol–water partition coefficient (Wildman–Crippen LogP) is 4.18. The zero-order chi connectivity index (χ0) is 13.8. The topological polar surface area (TPSA) is 21.8 Å². The highest BCUT2D eigenvalue weighted by atomic mass is 16.6. The summed E-state index contributed by atoms with van der Waals surface area (Å²) < 4.78 is 11.2. The smallest absolute Gasteiger partial charge is 0.122 e. The Morgan fingerprint density at radius 2 is 2.00 bits per heavy atom. The van der Waals surface area contributed by atoms with Crippen LogP contribution in [-0.2, 0) is 11.2 Å². The Morgan fingerprint density at radius 1 is 1.26 bits per heavy atom. The van der Waals surface area contributed by atoms with Crippen LogP contribution in [-0.4, -0.2) is 19.3 Å². The van der Waals surface area contributed by atoms with E-state index in [4.69, 9.17) is 9.47 Å². The third-order valence-electron chi connectivity index (χ3n) is 3.43. The molecule has 1 aromatic rings. The Hall–Kier alpha value is -1.02. The van der Waals surface area contributed by atoms with Crippen molar-refractivity contribution in [2.45, 2.75) is 52.6 Å². The van der Waals surface area contributed by atoms with E-state index in [2.05, 4.69) is 45.9 Å². The Kier molecular flexibility index (Phi) is 4.87. The maximum atomic E-state index is 5.93. The number of hydrogen-bond donors (Lipinski definition) is 0. The molecule has 0 aromatic heterocycles. The molecule has 0 saturated carbocycles. The van der Waals surface area contributed by atoms with Gasteiger partial charge in [-0.15, -0.1) is 0 Å². The molecule has 1 unspecified atom stereocenters. The average molecular weight is 262 g/mol. The van der Waals surface area contributed by atoms with Crippen molar-refractivity contribution in [3.05, 3.63) is 29.3 Å². The highest BCUT2D eigenvalue weighted by Gasteiger charge is 2.21. The second-order valence-electron chi connectivity index (χ2n) is 6.23. The van der Waals surface area contributed by atoms with Gasteiger partial charge in [0.15, 0.2) is 0 Å². The minimum atomic E-state index is 0.499. The molecule has 0 radical (unpaired) electrons. The molecular formula is C17H26O2. The molecule has 0 aliphatic carbocycles. The van der Waals surface area contributed by atoms with Crippen LogP contribution < -0.4 is 4.74 Å². The molecule has 1 saturated heterocycles. The Bertz CT molecular complexity index is 406. The molecule has 106 valence electrons. The molecule has 1 fully saturated rings. The van der Waals surface area contributed by atoms with Crippen molar-refractivity contribution in [3.8, 4) is 5.75 Å². The molecule has 19 heavy (non-hydrogen) atoms. The summed E-state index contributed by atoms with van der Waals surface area (Å²) in [5.41, 5.74) is 2.73. The summed E-state index contributed by atoms with van der Waals surface area (Å²) in [6, 6.07) is 6.65. The van der Waals surface area contributed by atoms with Gasteiger partial charge in [0.1, 0.15) is 5.75 Å². The van der Waals surface area contributed by atoms with E-state index in [1.54, 1.807) is 0 Å². The van der Waals surface area contributed by atoms with Crippen molar-refractivity contribution in [3.63, 3.8) is 0 Å². The van der Waals surface area contributed by atoms with Crippen LogP contribution in [0.2, 0.25) is 0 Å². The van der Waals surface area contributed by atoms with Gasteiger partial charge in [-0.05, 0) is 41.9 Å². The molecule has 1 aromatic carbocycles. The number of hydrogen-bond acceptors (Lipinski definition) is 2. The van der Waals surface area contributed by atoms with Crippen LogP contribution >= 0.6 is 0 Å². The van der Waals surface area contributed by atoms with Crippen LogP contribution in [0, 0.1) is 5.92 Å². The normalized spacial score (nSPS) is 18.1. The molecule has 2 nitrogen and oxygen atoms in total. The lowest BCUT2D eigenvalue weighted by atomic mass is 9.97. The number of benzene rings is 1. The van der Waals surface area contributed by atoms with E-state index in [0.29, 0.717) is 17.9 Å². The first kappa shape index (κ1) is 14.4. The summed E-state index contributed by atoms with van der Waals surface area (Å²) in [4.78, 5) is 0. The first-order valence-electron chi connectivity index (χ1n) is 7.43. The highest BCUT2D eigenvalue weighted by molar-refractivity contribution is 5.39. The summed E-state index contributed by atoms with van der Waals surface area (Å²) >= 11 is 0. The fraction of sp³-hybridized carbons (Fsp3) is 0.647. The van der Waals surface area contributed by atoms with E-state index >= 15 is 0 Å². The van der Waals surface area contributed by atoms with Crippen molar-refractivity contribution in [1.82, 2.24) is 0 Å². The summed E-state index contributed by atoms with van der Waals surface area (Å²) in [6.07, 6.45) is 2.76. The predicted molar refractivity (Wildman–Crippen MR) is 78.9 cm³/mol. The van der Waals surface area contributed by atoms with Gasteiger partial charge in [0.2, 0.25) is 0 Å². The molecule has 0 bridgehead atoms. The van der Waals surface area contributed by atoms with Gasteiger partial charge in [0.05, 0.1) is 19.3 Å². The number of epoxide rings is 1. The molecule has 0 amide bonds. The van der Waals surface area contributed by atoms with Gasteiger partial charge in [-0.1, -0.05) is 39.8 Å². The largest absolute Gasteiger partial charge is 0.493 e. The van der Waals surface area contributed by atoms with Gasteiger partial charge in [-0.3, -0.25) is 0 Å². The van der Waals surface area contributed by atoms with Crippen LogP contribution in [0.4, 0.5) is 0 Å². The lowest BCUT2D eigenvalue weighted by molar-refractivity contribution is 0.267. The standard InChI is InChI=1S/C17H26O2/c1-12(2)10-19-17-8-6-14(5-7-15-11-18-15)9-16(17)13(3)4/h6,8-9,12-13,15H,5,7,10-11H2,1-4H3. The minimum absolute atomic E-state index is 0.499. The Labute approximate surface area is 117 Å². The third-order valence-corrected chi connectivity index (χ3v) is 3.43. The minimum Gasteiger partial charge on any atom is -0.493 e. The zero-order valence-electron chi connectivity index (χ0n) is 12.6. The van der Waals surface area contributed by atoms with Crippen LogP contribution in [0.3, 0.4) is 0 Å². The van der Waals surface area contributed by atoms with E-state index in [9.17, 15) is 0 Å². The van der Waals surface area contributed by atoms with Crippen molar-refractivity contribution in [2.75, 3.05) is 13.2 Å². The molecule has 1 aliphatic heterocycles. The van der Waals surface area contributed by atoms with Crippen LogP contribution in [0.15, 0.2) is 18.2 Å². The maximum Gasteiger partial charge on any atom is 0.122 e. The molecule has 2 heteroatoms. The van der Waals surface area contributed by atoms with Gasteiger partial charge in [0.25, 0.3) is 0 Å². The summed E-state index contributed by atoms with van der Waals surface area (Å²) in [7, 11) is 0. The fourth-order valence-corrected chi connectivity index (χ4v) is 2.15. The lowest BCUT2D eigenvalue weighted by Crippen LogP contribution is -2.07. The first-order chi connectivity index (χ1) is 9.06. The fourth-order valence-electron chi connectivity index (χ4n) is 2.15. The highest BCUT2D eigenvalue weighted by Crippen LogP contribution is 2.29. The monoisotopic (exact) mass is 262 g/mol. The van der Waals surface area contributed by atoms with Crippen LogP contribution in [0.25, 0.3) is 0 Å². The number of aryl methyl sites for hydroxylation is 1. The van der Waals surface area contributed by atoms with Gasteiger partial charge < -0.3 is 9.47 Å². The van der Waals surface area contributed by atoms with Crippen molar-refractivity contribution < 1.29 is 9.47 Å². The van der Waals surface area contributed by atoms with Crippen molar-refractivity contribution in [1.29, 1.82) is 0 Å². The second kappa shape index (κ2) is 6.42. The number of ether oxygens (including phenoxy) is 2. The summed E-state index contributed by atoms with van der Waals surface area (Å²) in [5.74, 6) is 2.11. The average Bonchev–Trinajstić information content (AvgIpc) is 3.18. The zero-order valence-corrected chi connectivity index (χ0v) is 12.6. The number of rotatable bonds is 7. The molecule has 2 rings (SSSR count). The van der Waals surface area contributed by atoms with E-state index in [-0.39, 0.29) is 0 Å². The van der Waals surface area contributed by atoms with Gasteiger partial charge in [0, 0.05) is 0 Å². The SMILES string of the molecule is CC(C)COc1ccc(CCC2CO2)cc1C(C)C. The molecule has 0 N–H and O–H groups in total. The van der Waals surface area contributed by atoms with Crippen LogP contribution in [0.1, 0.15) is 51.2 Å². The maximum absolute atomic E-state index is 5.93. The molecular weight excluding hydrogens is 236 g/mol. The molecule has 1 atom stereocenters. The summed E-state index contributed by atoms with van der Waals surface area (Å²) in [6.45, 7) is 10.6. The molecule has 1 heterocycles. The van der Waals surface area contributed by atoms with Crippen molar-refractivity contribution in [2.24, 2.45) is 5.92 Å².